The van der Waals surface area contributed by atoms with Crippen LogP contribution in [0.15, 0.2) is 36.5 Å². The lowest BCUT2D eigenvalue weighted by atomic mass is 10.2. The SMILES string of the molecule is O=C(Nc1ccnc(Cl)c1)c1ccc([N+](=O)[O-])c(Cl)c1. The van der Waals surface area contributed by atoms with Crippen LogP contribution in [0.5, 0.6) is 0 Å². The van der Waals surface area contributed by atoms with Gasteiger partial charge in [-0.1, -0.05) is 23.2 Å². The highest BCUT2D eigenvalue weighted by Crippen LogP contribution is 2.25. The van der Waals surface area contributed by atoms with E-state index in [9.17, 15) is 14.9 Å². The van der Waals surface area contributed by atoms with Crippen molar-refractivity contribution >= 4 is 40.5 Å². The minimum atomic E-state index is -0.618. The molecule has 0 aliphatic rings. The van der Waals surface area contributed by atoms with Crippen LogP contribution in [0.4, 0.5) is 11.4 Å². The van der Waals surface area contributed by atoms with Crippen LogP contribution in [0.1, 0.15) is 10.4 Å². The van der Waals surface area contributed by atoms with Crippen LogP contribution < -0.4 is 5.32 Å². The monoisotopic (exact) mass is 311 g/mol. The van der Waals surface area contributed by atoms with Crippen LogP contribution in [0.3, 0.4) is 0 Å². The maximum atomic E-state index is 12.0. The van der Waals surface area contributed by atoms with Crippen molar-refractivity contribution in [2.24, 2.45) is 0 Å². The number of nitro groups is 1. The van der Waals surface area contributed by atoms with E-state index < -0.39 is 10.8 Å². The number of hydrogen-bond acceptors (Lipinski definition) is 4. The van der Waals surface area contributed by atoms with Crippen molar-refractivity contribution in [3.05, 3.63) is 62.4 Å². The summed E-state index contributed by atoms with van der Waals surface area (Å²) in [5.41, 5.74) is 0.410. The number of anilines is 1. The standard InChI is InChI=1S/C12H7Cl2N3O3/c13-9-5-7(1-2-10(9)17(19)20)12(18)16-8-3-4-15-11(14)6-8/h1-6H,(H,15,16,18). The minimum Gasteiger partial charge on any atom is -0.322 e. The van der Waals surface area contributed by atoms with Crippen LogP contribution in [-0.2, 0) is 0 Å². The Hall–Kier alpha value is -2.18. The second-order valence-electron chi connectivity index (χ2n) is 3.74. The largest absolute Gasteiger partial charge is 0.322 e. The molecule has 1 aromatic carbocycles. The molecule has 102 valence electrons. The number of nitrogens with one attached hydrogen (secondary N) is 1. The maximum Gasteiger partial charge on any atom is 0.287 e. The maximum absolute atomic E-state index is 12.0. The summed E-state index contributed by atoms with van der Waals surface area (Å²) in [4.78, 5) is 25.8. The van der Waals surface area contributed by atoms with E-state index in [1.165, 1.54) is 30.5 Å². The molecule has 0 aliphatic carbocycles. The number of aromatic nitrogens is 1. The van der Waals surface area contributed by atoms with E-state index in [1.807, 2.05) is 0 Å². The van der Waals surface area contributed by atoms with Crippen molar-refractivity contribution in [1.29, 1.82) is 0 Å². The molecule has 0 atom stereocenters. The van der Waals surface area contributed by atoms with Gasteiger partial charge in [-0.15, -0.1) is 0 Å². The summed E-state index contributed by atoms with van der Waals surface area (Å²) < 4.78 is 0. The molecule has 0 unspecified atom stereocenters. The lowest BCUT2D eigenvalue weighted by Crippen LogP contribution is -2.12. The lowest BCUT2D eigenvalue weighted by Gasteiger charge is -2.05. The van der Waals surface area contributed by atoms with Crippen LogP contribution in [0.2, 0.25) is 10.2 Å². The first-order valence-electron chi connectivity index (χ1n) is 5.34. The van der Waals surface area contributed by atoms with Crippen molar-refractivity contribution in [3.63, 3.8) is 0 Å². The molecule has 0 spiro atoms. The van der Waals surface area contributed by atoms with Crippen LogP contribution >= 0.6 is 23.2 Å². The smallest absolute Gasteiger partial charge is 0.287 e. The Morgan fingerprint density at radius 2 is 2.00 bits per heavy atom. The second-order valence-corrected chi connectivity index (χ2v) is 4.54. The molecule has 0 saturated heterocycles. The van der Waals surface area contributed by atoms with Gasteiger partial charge in [0, 0.05) is 23.5 Å². The molecule has 0 fully saturated rings. The molecule has 1 amide bonds. The molecule has 2 aromatic rings. The lowest BCUT2D eigenvalue weighted by molar-refractivity contribution is -0.384. The van der Waals surface area contributed by atoms with Crippen molar-refractivity contribution in [3.8, 4) is 0 Å². The Bertz CT molecular complexity index is 691. The van der Waals surface area contributed by atoms with Gasteiger partial charge < -0.3 is 5.32 Å². The summed E-state index contributed by atoms with van der Waals surface area (Å²) in [6, 6.07) is 6.78. The summed E-state index contributed by atoms with van der Waals surface area (Å²) in [7, 11) is 0. The number of pyridine rings is 1. The van der Waals surface area contributed by atoms with Gasteiger partial charge in [0.2, 0.25) is 0 Å². The molecule has 6 nitrogen and oxygen atoms in total. The van der Waals surface area contributed by atoms with E-state index in [0.717, 1.165) is 0 Å². The third-order valence-corrected chi connectivity index (χ3v) is 2.90. The highest BCUT2D eigenvalue weighted by molar-refractivity contribution is 6.33. The van der Waals surface area contributed by atoms with Crippen LogP contribution in [0, 0.1) is 10.1 Å². The van der Waals surface area contributed by atoms with Gasteiger partial charge in [0.15, 0.2) is 0 Å². The number of hydrogen-bond donors (Lipinski definition) is 1. The molecule has 20 heavy (non-hydrogen) atoms. The predicted molar refractivity (Wildman–Crippen MR) is 75.3 cm³/mol. The molecule has 2 rings (SSSR count). The zero-order valence-corrected chi connectivity index (χ0v) is 11.4. The van der Waals surface area contributed by atoms with Gasteiger partial charge in [-0.25, -0.2) is 4.98 Å². The summed E-state index contributed by atoms with van der Waals surface area (Å²) in [5.74, 6) is -0.455. The first-order valence-corrected chi connectivity index (χ1v) is 6.10. The molecule has 1 aromatic heterocycles. The number of nitro benzene ring substituents is 1. The normalized spacial score (nSPS) is 10.1. The van der Waals surface area contributed by atoms with Crippen molar-refractivity contribution in [1.82, 2.24) is 4.98 Å². The number of benzene rings is 1. The number of amides is 1. The molecule has 8 heteroatoms. The van der Waals surface area contributed by atoms with E-state index in [4.69, 9.17) is 23.2 Å². The number of rotatable bonds is 3. The molecular weight excluding hydrogens is 305 g/mol. The number of halogens is 2. The molecular formula is C12H7Cl2N3O3. The number of carbonyl (C=O) groups is 1. The van der Waals surface area contributed by atoms with E-state index in [2.05, 4.69) is 10.3 Å². The minimum absolute atomic E-state index is 0.101. The van der Waals surface area contributed by atoms with Gasteiger partial charge in [-0.2, -0.15) is 0 Å². The van der Waals surface area contributed by atoms with Gasteiger partial charge in [-0.3, -0.25) is 14.9 Å². The number of carbonyl (C=O) groups excluding carboxylic acids is 1. The van der Waals surface area contributed by atoms with Gasteiger partial charge in [-0.05, 0) is 24.3 Å². The summed E-state index contributed by atoms with van der Waals surface area (Å²) in [5, 5.41) is 13.4. The summed E-state index contributed by atoms with van der Waals surface area (Å²) in [6.45, 7) is 0. The topological polar surface area (TPSA) is 85.1 Å². The van der Waals surface area contributed by atoms with Gasteiger partial charge in [0.05, 0.1) is 4.92 Å². The average molecular weight is 312 g/mol. The molecule has 0 radical (unpaired) electrons. The zero-order chi connectivity index (χ0) is 14.7. The Morgan fingerprint density at radius 3 is 2.60 bits per heavy atom. The molecule has 1 N–H and O–H groups in total. The van der Waals surface area contributed by atoms with E-state index in [1.54, 1.807) is 6.07 Å². The highest BCUT2D eigenvalue weighted by atomic mass is 35.5. The van der Waals surface area contributed by atoms with E-state index >= 15 is 0 Å². The van der Waals surface area contributed by atoms with Crippen molar-refractivity contribution in [2.75, 3.05) is 5.32 Å². The molecule has 0 saturated carbocycles. The van der Waals surface area contributed by atoms with Crippen molar-refractivity contribution in [2.45, 2.75) is 0 Å². The third kappa shape index (κ3) is 3.23. The zero-order valence-electron chi connectivity index (χ0n) is 9.84. The fourth-order valence-corrected chi connectivity index (χ4v) is 1.90. The van der Waals surface area contributed by atoms with Crippen molar-refractivity contribution < 1.29 is 9.72 Å². The molecule has 0 aliphatic heterocycles. The first-order chi connectivity index (χ1) is 9.47. The Labute approximate surface area is 123 Å². The third-order valence-electron chi connectivity index (χ3n) is 2.39. The van der Waals surface area contributed by atoms with E-state index in [-0.39, 0.29) is 21.4 Å². The van der Waals surface area contributed by atoms with Gasteiger partial charge in [0.25, 0.3) is 11.6 Å². The average Bonchev–Trinajstić information content (AvgIpc) is 2.38. The summed E-state index contributed by atoms with van der Waals surface area (Å²) in [6.07, 6.45) is 1.45. The highest BCUT2D eigenvalue weighted by Gasteiger charge is 2.15. The quantitative estimate of drug-likeness (QED) is 0.533. The fraction of sp³-hybridized carbons (Fsp3) is 0. The predicted octanol–water partition coefficient (Wildman–Crippen LogP) is 3.55. The van der Waals surface area contributed by atoms with Gasteiger partial charge in [0.1, 0.15) is 10.2 Å². The Balaban J connectivity index is 2.22. The summed E-state index contributed by atoms with van der Waals surface area (Å²) >= 11 is 11.4. The van der Waals surface area contributed by atoms with Crippen LogP contribution in [-0.4, -0.2) is 15.8 Å². The number of nitrogens with zero attached hydrogens (tertiary/aromatic N) is 2. The first kappa shape index (κ1) is 14.2. The van der Waals surface area contributed by atoms with Crippen LogP contribution in [0.25, 0.3) is 0 Å². The molecule has 0 bridgehead atoms. The van der Waals surface area contributed by atoms with E-state index in [0.29, 0.717) is 5.69 Å². The second kappa shape index (κ2) is 5.85. The molecule has 1 heterocycles. The Morgan fingerprint density at radius 1 is 1.25 bits per heavy atom. The fourth-order valence-electron chi connectivity index (χ4n) is 1.48. The Kier molecular flexibility index (Phi) is 4.16. The van der Waals surface area contributed by atoms with Gasteiger partial charge >= 0.3 is 0 Å².